The molecule has 0 fully saturated rings. The summed E-state index contributed by atoms with van der Waals surface area (Å²) in [6, 6.07) is 9.21. The van der Waals surface area contributed by atoms with Crippen molar-refractivity contribution >= 4 is 29.3 Å². The van der Waals surface area contributed by atoms with Gasteiger partial charge in [-0.2, -0.15) is 15.0 Å². The molecule has 0 unspecified atom stereocenters. The molecule has 0 saturated heterocycles. The minimum atomic E-state index is -0.194. The number of carbonyl (C=O) groups is 1. The summed E-state index contributed by atoms with van der Waals surface area (Å²) in [6.07, 6.45) is 1.83. The number of nitriles is 1. The molecule has 4 nitrogen and oxygen atoms in total. The molecule has 0 bridgehead atoms. The molecular weight excluding hydrogens is 306 g/mol. The Morgan fingerprint density at radius 1 is 1.38 bits per heavy atom. The second-order valence-corrected chi connectivity index (χ2v) is 5.99. The van der Waals surface area contributed by atoms with Crippen molar-refractivity contribution in [3.8, 4) is 17.3 Å². The van der Waals surface area contributed by atoms with Crippen LogP contribution < -0.4 is 0 Å². The van der Waals surface area contributed by atoms with Crippen LogP contribution in [-0.4, -0.2) is 21.9 Å². The van der Waals surface area contributed by atoms with Crippen molar-refractivity contribution in [2.45, 2.75) is 18.9 Å². The maximum absolute atomic E-state index is 12.2. The van der Waals surface area contributed by atoms with E-state index in [1.165, 1.54) is 16.4 Å². The number of carbonyl (C=O) groups excluding carboxylic acids is 1. The van der Waals surface area contributed by atoms with Gasteiger partial charge in [-0.15, -0.1) is 11.8 Å². The van der Waals surface area contributed by atoms with Gasteiger partial charge in [-0.05, 0) is 18.4 Å². The summed E-state index contributed by atoms with van der Waals surface area (Å²) in [5.74, 6) is -0.323. The van der Waals surface area contributed by atoms with Crippen LogP contribution in [0.5, 0.6) is 0 Å². The van der Waals surface area contributed by atoms with Crippen LogP contribution in [0.25, 0.3) is 11.3 Å². The Morgan fingerprint density at radius 2 is 2.00 bits per heavy atom. The van der Waals surface area contributed by atoms with E-state index in [2.05, 4.69) is 11.2 Å². The molecule has 0 aliphatic rings. The zero-order valence-corrected chi connectivity index (χ0v) is 13.5. The average Bonchev–Trinajstić information content (AvgIpc) is 2.85. The first-order valence-electron chi connectivity index (χ1n) is 6.36. The van der Waals surface area contributed by atoms with Gasteiger partial charge in [0, 0.05) is 16.5 Å². The predicted octanol–water partition coefficient (Wildman–Crippen LogP) is 4.09. The molecule has 1 heterocycles. The molecule has 0 aliphatic carbocycles. The maximum atomic E-state index is 12.2. The fraction of sp³-hybridized carbons (Fsp3) is 0.267. The van der Waals surface area contributed by atoms with Crippen LogP contribution in [0.15, 0.2) is 29.3 Å². The first-order valence-corrected chi connectivity index (χ1v) is 7.97. The van der Waals surface area contributed by atoms with Crippen LogP contribution in [-0.2, 0) is 0 Å². The fourth-order valence-corrected chi connectivity index (χ4v) is 2.67. The number of benzene rings is 1. The molecule has 0 atom stereocenters. The molecule has 0 spiro atoms. The van der Waals surface area contributed by atoms with E-state index in [9.17, 15) is 10.1 Å². The lowest BCUT2D eigenvalue weighted by molar-refractivity contribution is 0.0827. The van der Waals surface area contributed by atoms with E-state index < -0.39 is 0 Å². The third kappa shape index (κ3) is 2.97. The van der Waals surface area contributed by atoms with Gasteiger partial charge < -0.3 is 0 Å². The first kappa shape index (κ1) is 15.6. The second-order valence-electron chi connectivity index (χ2n) is 4.76. The molecule has 2 aromatic rings. The highest BCUT2D eigenvalue weighted by atomic mass is 35.5. The Kier molecular flexibility index (Phi) is 4.71. The van der Waals surface area contributed by atoms with Crippen molar-refractivity contribution in [3.63, 3.8) is 0 Å². The van der Waals surface area contributed by atoms with Crippen molar-refractivity contribution in [2.75, 3.05) is 6.26 Å². The van der Waals surface area contributed by atoms with Crippen molar-refractivity contribution in [2.24, 2.45) is 5.92 Å². The average molecular weight is 320 g/mol. The van der Waals surface area contributed by atoms with Gasteiger partial charge in [0.05, 0.1) is 0 Å². The van der Waals surface area contributed by atoms with E-state index >= 15 is 0 Å². The van der Waals surface area contributed by atoms with Crippen LogP contribution in [0.1, 0.15) is 24.2 Å². The van der Waals surface area contributed by atoms with Gasteiger partial charge in [-0.1, -0.05) is 37.6 Å². The minimum absolute atomic E-state index is 0.129. The zero-order valence-electron chi connectivity index (χ0n) is 11.9. The monoisotopic (exact) mass is 319 g/mol. The molecular formula is C15H14ClN3OS. The summed E-state index contributed by atoms with van der Waals surface area (Å²) in [7, 11) is 0. The van der Waals surface area contributed by atoms with Crippen LogP contribution in [0.2, 0.25) is 5.02 Å². The van der Waals surface area contributed by atoms with E-state index in [0.717, 1.165) is 5.56 Å². The van der Waals surface area contributed by atoms with E-state index in [1.54, 1.807) is 24.3 Å². The summed E-state index contributed by atoms with van der Waals surface area (Å²) < 4.78 is 1.33. The summed E-state index contributed by atoms with van der Waals surface area (Å²) >= 11 is 7.22. The number of hydrogen-bond donors (Lipinski definition) is 0. The number of hydrogen-bond acceptors (Lipinski definition) is 4. The van der Waals surface area contributed by atoms with Gasteiger partial charge in [0.15, 0.2) is 0 Å². The van der Waals surface area contributed by atoms with Gasteiger partial charge in [-0.25, -0.2) is 0 Å². The Morgan fingerprint density at radius 3 is 2.48 bits per heavy atom. The number of thioether (sulfide) groups is 1. The topological polar surface area (TPSA) is 58.7 Å². The molecule has 0 aliphatic heterocycles. The summed E-state index contributed by atoms with van der Waals surface area (Å²) in [5, 5.41) is 15.0. The maximum Gasteiger partial charge on any atom is 0.250 e. The third-order valence-electron chi connectivity index (χ3n) is 2.97. The molecule has 0 amide bonds. The summed E-state index contributed by atoms with van der Waals surface area (Å²) in [5.41, 5.74) is 1.69. The van der Waals surface area contributed by atoms with Gasteiger partial charge in [-0.3, -0.25) is 4.79 Å². The minimum Gasteiger partial charge on any atom is -0.272 e. The molecule has 2 rings (SSSR count). The Bertz CT molecular complexity index is 714. The standard InChI is InChI=1S/C15H14ClN3OS/c1-9(2)14(20)19-15(21-3)12(8-17)13(18-19)10-4-6-11(16)7-5-10/h4-7,9H,1-3H3. The highest BCUT2D eigenvalue weighted by Gasteiger charge is 2.23. The molecule has 0 N–H and O–H groups in total. The number of halogens is 1. The quantitative estimate of drug-likeness (QED) is 0.799. The summed E-state index contributed by atoms with van der Waals surface area (Å²) in [6.45, 7) is 3.62. The highest BCUT2D eigenvalue weighted by molar-refractivity contribution is 7.98. The normalized spacial score (nSPS) is 10.7. The predicted molar refractivity (Wildman–Crippen MR) is 84.6 cm³/mol. The lowest BCUT2D eigenvalue weighted by atomic mass is 10.1. The second kappa shape index (κ2) is 6.33. The zero-order chi connectivity index (χ0) is 15.6. The molecule has 0 saturated carbocycles. The van der Waals surface area contributed by atoms with Crippen molar-refractivity contribution in [3.05, 3.63) is 34.9 Å². The van der Waals surface area contributed by atoms with Gasteiger partial charge in [0.25, 0.3) is 5.91 Å². The molecule has 21 heavy (non-hydrogen) atoms. The van der Waals surface area contributed by atoms with Crippen molar-refractivity contribution < 1.29 is 4.79 Å². The molecule has 1 aromatic carbocycles. The van der Waals surface area contributed by atoms with Crippen molar-refractivity contribution in [1.82, 2.24) is 9.78 Å². The number of nitrogens with zero attached hydrogens (tertiary/aromatic N) is 3. The van der Waals surface area contributed by atoms with E-state index in [0.29, 0.717) is 21.3 Å². The highest BCUT2D eigenvalue weighted by Crippen LogP contribution is 2.31. The first-order chi connectivity index (χ1) is 9.99. The van der Waals surface area contributed by atoms with Crippen LogP contribution in [0, 0.1) is 17.2 Å². The lowest BCUT2D eigenvalue weighted by Crippen LogP contribution is -2.19. The third-order valence-corrected chi connectivity index (χ3v) is 3.98. The molecule has 1 aromatic heterocycles. The van der Waals surface area contributed by atoms with E-state index in [-0.39, 0.29) is 11.8 Å². The SMILES string of the molecule is CSc1c(C#N)c(-c2ccc(Cl)cc2)nn1C(=O)C(C)C. The van der Waals surface area contributed by atoms with Gasteiger partial charge >= 0.3 is 0 Å². The number of aromatic nitrogens is 2. The molecule has 108 valence electrons. The largest absolute Gasteiger partial charge is 0.272 e. The Balaban J connectivity index is 2.65. The number of rotatable bonds is 3. The molecule has 0 radical (unpaired) electrons. The van der Waals surface area contributed by atoms with Crippen LogP contribution in [0.4, 0.5) is 0 Å². The van der Waals surface area contributed by atoms with Gasteiger partial charge in [0.1, 0.15) is 22.4 Å². The van der Waals surface area contributed by atoms with E-state index in [1.807, 2.05) is 20.1 Å². The van der Waals surface area contributed by atoms with Gasteiger partial charge in [0.2, 0.25) is 0 Å². The lowest BCUT2D eigenvalue weighted by Gasteiger charge is -2.06. The Labute approximate surface area is 132 Å². The molecule has 6 heteroatoms. The fourth-order valence-electron chi connectivity index (χ4n) is 1.90. The summed E-state index contributed by atoms with van der Waals surface area (Å²) in [4.78, 5) is 12.2. The smallest absolute Gasteiger partial charge is 0.250 e. The Hall–Kier alpha value is -1.77. The van der Waals surface area contributed by atoms with Crippen molar-refractivity contribution in [1.29, 1.82) is 5.26 Å². The van der Waals surface area contributed by atoms with E-state index in [4.69, 9.17) is 11.6 Å². The van der Waals surface area contributed by atoms with Crippen LogP contribution >= 0.6 is 23.4 Å². The van der Waals surface area contributed by atoms with Crippen LogP contribution in [0.3, 0.4) is 0 Å².